The second-order valence-electron chi connectivity index (χ2n) is 14.5. The SMILES string of the molecule is CC(C)(C)OC(=O)N1CCCC(CC(=O)Nc2nnc(CCSCCc3nnc(NC(=O)CC4CCCN(C(=O)OC(C)(C)C)C4)s3)s2)C1. The molecular weight excluding hydrogens is 689 g/mol. The van der Waals surface area contributed by atoms with Crippen LogP contribution in [0.15, 0.2) is 0 Å². The van der Waals surface area contributed by atoms with Crippen molar-refractivity contribution in [2.45, 2.75) is 104 Å². The van der Waals surface area contributed by atoms with Crippen LogP contribution in [-0.2, 0) is 31.9 Å². The molecule has 17 heteroatoms. The number of ether oxygens (including phenoxy) is 2. The average Bonchev–Trinajstić information content (AvgIpc) is 3.64. The number of piperidine rings is 2. The molecule has 14 nitrogen and oxygen atoms in total. The second kappa shape index (κ2) is 17.7. The molecule has 4 rings (SSSR count). The summed E-state index contributed by atoms with van der Waals surface area (Å²) in [5.74, 6) is 1.58. The minimum absolute atomic E-state index is 0.0748. The van der Waals surface area contributed by atoms with Crippen molar-refractivity contribution < 1.29 is 28.7 Å². The lowest BCUT2D eigenvalue weighted by atomic mass is 9.95. The Hall–Kier alpha value is -3.05. The third-order valence-electron chi connectivity index (χ3n) is 7.64. The summed E-state index contributed by atoms with van der Waals surface area (Å²) < 4.78 is 11.0. The molecule has 0 aromatic carbocycles. The molecule has 2 fully saturated rings. The highest BCUT2D eigenvalue weighted by Gasteiger charge is 2.30. The lowest BCUT2D eigenvalue weighted by Gasteiger charge is -2.33. The molecule has 4 heterocycles. The van der Waals surface area contributed by atoms with Crippen LogP contribution in [0.25, 0.3) is 0 Å². The number of amides is 4. The van der Waals surface area contributed by atoms with Crippen LogP contribution < -0.4 is 10.6 Å². The summed E-state index contributed by atoms with van der Waals surface area (Å²) in [6.45, 7) is 13.4. The Labute approximate surface area is 300 Å². The van der Waals surface area contributed by atoms with Gasteiger partial charge in [0.25, 0.3) is 0 Å². The number of aromatic nitrogens is 4. The molecule has 49 heavy (non-hydrogen) atoms. The minimum atomic E-state index is -0.550. The predicted octanol–water partition coefficient (Wildman–Crippen LogP) is 5.86. The lowest BCUT2D eigenvalue weighted by molar-refractivity contribution is -0.118. The molecule has 2 unspecified atom stereocenters. The number of carbonyl (C=O) groups excluding carboxylic acids is 4. The number of hydrogen-bond donors (Lipinski definition) is 2. The van der Waals surface area contributed by atoms with Crippen molar-refractivity contribution in [1.82, 2.24) is 30.2 Å². The molecule has 272 valence electrons. The van der Waals surface area contributed by atoms with Gasteiger partial charge in [-0.15, -0.1) is 20.4 Å². The predicted molar refractivity (Wildman–Crippen MR) is 192 cm³/mol. The highest BCUT2D eigenvalue weighted by molar-refractivity contribution is 7.99. The molecule has 2 aromatic heterocycles. The maximum atomic E-state index is 12.7. The summed E-state index contributed by atoms with van der Waals surface area (Å²) in [6.07, 6.45) is 4.89. The Morgan fingerprint density at radius 1 is 0.714 bits per heavy atom. The highest BCUT2D eigenvalue weighted by Crippen LogP contribution is 2.25. The van der Waals surface area contributed by atoms with Crippen LogP contribution in [0, 0.1) is 11.8 Å². The monoisotopic (exact) mass is 738 g/mol. The molecule has 0 radical (unpaired) electrons. The Morgan fingerprint density at radius 2 is 1.12 bits per heavy atom. The molecule has 0 bridgehead atoms. The summed E-state index contributed by atoms with van der Waals surface area (Å²) in [5.41, 5.74) is -1.10. The molecule has 2 N–H and O–H groups in total. The van der Waals surface area contributed by atoms with Gasteiger partial charge in [0.05, 0.1) is 0 Å². The normalized spacial score (nSPS) is 18.6. The molecule has 0 spiro atoms. The van der Waals surface area contributed by atoms with Crippen molar-refractivity contribution in [3.8, 4) is 0 Å². The topological polar surface area (TPSA) is 169 Å². The Kier molecular flexibility index (Phi) is 14.0. The standard InChI is InChI=1S/C32H50N8O6S3/c1-31(2,3)45-29(43)39-13-7-9-21(19-39)17-23(41)33-27-37-35-25(48-27)11-15-47-16-12-26-36-38-28(49-26)34-24(42)18-22-10-8-14-40(20-22)30(44)46-32(4,5)6/h21-22H,7-20H2,1-6H3,(H,33,37,41)(H,34,38,42). The van der Waals surface area contributed by atoms with E-state index in [0.717, 1.165) is 60.0 Å². The van der Waals surface area contributed by atoms with Gasteiger partial charge in [-0.25, -0.2) is 9.59 Å². The van der Waals surface area contributed by atoms with Crippen molar-refractivity contribution in [3.63, 3.8) is 0 Å². The summed E-state index contributed by atoms with van der Waals surface area (Å²) in [7, 11) is 0. The molecule has 2 aromatic rings. The molecule has 0 saturated carbocycles. The molecular formula is C32H50N8O6S3. The Morgan fingerprint density at radius 3 is 1.51 bits per heavy atom. The van der Waals surface area contributed by atoms with E-state index in [1.54, 1.807) is 21.6 Å². The van der Waals surface area contributed by atoms with Crippen molar-refractivity contribution in [2.24, 2.45) is 11.8 Å². The van der Waals surface area contributed by atoms with Crippen LogP contribution in [0.5, 0.6) is 0 Å². The molecule has 2 aliphatic rings. The van der Waals surface area contributed by atoms with Gasteiger partial charge in [-0.2, -0.15) is 11.8 Å². The van der Waals surface area contributed by atoms with Gasteiger partial charge in [0, 0.05) is 51.9 Å². The van der Waals surface area contributed by atoms with Crippen LogP contribution in [0.3, 0.4) is 0 Å². The highest BCUT2D eigenvalue weighted by atomic mass is 32.2. The zero-order chi connectivity index (χ0) is 35.6. The quantitative estimate of drug-likeness (QED) is 0.250. The van der Waals surface area contributed by atoms with Crippen LogP contribution in [-0.4, -0.2) is 103 Å². The van der Waals surface area contributed by atoms with Gasteiger partial charge in [0.1, 0.15) is 21.2 Å². The van der Waals surface area contributed by atoms with Crippen molar-refractivity contribution in [3.05, 3.63) is 10.0 Å². The van der Waals surface area contributed by atoms with E-state index >= 15 is 0 Å². The average molecular weight is 739 g/mol. The van der Waals surface area contributed by atoms with E-state index < -0.39 is 11.2 Å². The fourth-order valence-electron chi connectivity index (χ4n) is 5.54. The first kappa shape index (κ1) is 38.7. The first-order valence-electron chi connectivity index (χ1n) is 16.9. The Balaban J connectivity index is 1.09. The smallest absolute Gasteiger partial charge is 0.410 e. The lowest BCUT2D eigenvalue weighted by Crippen LogP contribution is -2.43. The number of nitrogens with one attached hydrogen (secondary N) is 2. The fourth-order valence-corrected chi connectivity index (χ4v) is 8.19. The van der Waals surface area contributed by atoms with E-state index in [0.29, 0.717) is 49.3 Å². The number of rotatable bonds is 12. The van der Waals surface area contributed by atoms with Crippen LogP contribution >= 0.6 is 34.4 Å². The van der Waals surface area contributed by atoms with Crippen molar-refractivity contribution >= 4 is 68.7 Å². The van der Waals surface area contributed by atoms with E-state index in [4.69, 9.17) is 9.47 Å². The van der Waals surface area contributed by atoms with Gasteiger partial charge in [-0.05, 0) is 90.6 Å². The maximum Gasteiger partial charge on any atom is 0.410 e. The van der Waals surface area contributed by atoms with E-state index in [-0.39, 0.29) is 35.8 Å². The number of carbonyl (C=O) groups is 4. The summed E-state index contributed by atoms with van der Waals surface area (Å²) in [5, 5.41) is 25.1. The number of aryl methyl sites for hydroxylation is 2. The van der Waals surface area contributed by atoms with E-state index in [1.165, 1.54) is 22.7 Å². The number of anilines is 2. The molecule has 2 atom stereocenters. The van der Waals surface area contributed by atoms with Crippen molar-refractivity contribution in [1.29, 1.82) is 0 Å². The summed E-state index contributed by atoms with van der Waals surface area (Å²) in [4.78, 5) is 53.6. The number of likely N-dealkylation sites (tertiary alicyclic amines) is 2. The number of nitrogens with zero attached hydrogens (tertiary/aromatic N) is 6. The maximum absolute atomic E-state index is 12.7. The number of thioether (sulfide) groups is 1. The summed E-state index contributed by atoms with van der Waals surface area (Å²) in [6, 6.07) is 0. The van der Waals surface area contributed by atoms with Gasteiger partial charge in [0.2, 0.25) is 22.1 Å². The van der Waals surface area contributed by atoms with Gasteiger partial charge in [0.15, 0.2) is 0 Å². The van der Waals surface area contributed by atoms with E-state index in [9.17, 15) is 19.2 Å². The zero-order valence-corrected chi connectivity index (χ0v) is 31.9. The van der Waals surface area contributed by atoms with Gasteiger partial charge < -0.3 is 29.9 Å². The van der Waals surface area contributed by atoms with Gasteiger partial charge in [-0.1, -0.05) is 22.7 Å². The number of hydrogen-bond acceptors (Lipinski definition) is 13. The second-order valence-corrected chi connectivity index (χ2v) is 17.8. The Bertz CT molecular complexity index is 1320. The van der Waals surface area contributed by atoms with Crippen molar-refractivity contribution in [2.75, 3.05) is 48.3 Å². The van der Waals surface area contributed by atoms with Crippen LogP contribution in [0.1, 0.15) is 90.1 Å². The third kappa shape index (κ3) is 14.0. The van der Waals surface area contributed by atoms with Gasteiger partial charge >= 0.3 is 12.2 Å². The fraction of sp³-hybridized carbons (Fsp3) is 0.750. The molecule has 2 saturated heterocycles. The molecule has 0 aliphatic carbocycles. The molecule has 2 aliphatic heterocycles. The van der Waals surface area contributed by atoms with E-state index in [1.807, 2.05) is 41.5 Å². The first-order valence-corrected chi connectivity index (χ1v) is 19.7. The van der Waals surface area contributed by atoms with E-state index in [2.05, 4.69) is 31.0 Å². The minimum Gasteiger partial charge on any atom is -0.444 e. The van der Waals surface area contributed by atoms with Crippen LogP contribution in [0.4, 0.5) is 19.9 Å². The summed E-state index contributed by atoms with van der Waals surface area (Å²) >= 11 is 4.52. The third-order valence-corrected chi connectivity index (χ3v) is 10.4. The largest absolute Gasteiger partial charge is 0.444 e. The van der Waals surface area contributed by atoms with Crippen LogP contribution in [0.2, 0.25) is 0 Å². The zero-order valence-electron chi connectivity index (χ0n) is 29.4. The first-order chi connectivity index (χ1) is 23.1. The van der Waals surface area contributed by atoms with Gasteiger partial charge in [-0.3, -0.25) is 9.59 Å². The molecule has 4 amide bonds.